The Morgan fingerprint density at radius 3 is 2.88 bits per heavy atom. The lowest BCUT2D eigenvalue weighted by molar-refractivity contribution is 0.183. The van der Waals surface area contributed by atoms with Crippen molar-refractivity contribution in [3.63, 3.8) is 0 Å². The van der Waals surface area contributed by atoms with Gasteiger partial charge in [-0.15, -0.1) is 0 Å². The maximum Gasteiger partial charge on any atom is 0.183 e. The van der Waals surface area contributed by atoms with E-state index in [1.165, 1.54) is 6.07 Å². The van der Waals surface area contributed by atoms with Gasteiger partial charge in [-0.05, 0) is 25.5 Å². The molecule has 2 atom stereocenters. The van der Waals surface area contributed by atoms with E-state index in [0.717, 1.165) is 19.1 Å². The summed E-state index contributed by atoms with van der Waals surface area (Å²) in [5.74, 6) is -1.51. The number of rotatable bonds is 3. The third-order valence-corrected chi connectivity index (χ3v) is 3.17. The predicted molar refractivity (Wildman–Crippen MR) is 62.8 cm³/mol. The molecule has 5 heteroatoms. The van der Waals surface area contributed by atoms with Gasteiger partial charge in [-0.25, -0.2) is 8.78 Å². The maximum absolute atomic E-state index is 13.6. The Balaban J connectivity index is 2.14. The SMILES string of the molecule is CC(Nc1c(N)ccc(F)c1F)C1CCOC1. The van der Waals surface area contributed by atoms with Crippen molar-refractivity contribution < 1.29 is 13.5 Å². The van der Waals surface area contributed by atoms with Crippen molar-refractivity contribution in [3.8, 4) is 0 Å². The molecule has 0 saturated carbocycles. The summed E-state index contributed by atoms with van der Waals surface area (Å²) in [5, 5.41) is 2.94. The zero-order valence-corrected chi connectivity index (χ0v) is 9.67. The first-order valence-electron chi connectivity index (χ1n) is 5.67. The predicted octanol–water partition coefficient (Wildman–Crippen LogP) is 2.38. The number of hydrogen-bond donors (Lipinski definition) is 2. The number of benzene rings is 1. The highest BCUT2D eigenvalue weighted by Crippen LogP contribution is 2.28. The Morgan fingerprint density at radius 2 is 2.24 bits per heavy atom. The Morgan fingerprint density at radius 1 is 1.47 bits per heavy atom. The highest BCUT2D eigenvalue weighted by atomic mass is 19.2. The molecule has 17 heavy (non-hydrogen) atoms. The van der Waals surface area contributed by atoms with E-state index in [0.29, 0.717) is 12.5 Å². The van der Waals surface area contributed by atoms with Crippen LogP contribution in [0.4, 0.5) is 20.2 Å². The van der Waals surface area contributed by atoms with Crippen LogP contribution in [0.2, 0.25) is 0 Å². The Labute approximate surface area is 98.9 Å². The fraction of sp³-hybridized carbons (Fsp3) is 0.500. The molecule has 1 saturated heterocycles. The number of nitrogen functional groups attached to an aromatic ring is 1. The van der Waals surface area contributed by atoms with Crippen molar-refractivity contribution in [3.05, 3.63) is 23.8 Å². The molecular weight excluding hydrogens is 226 g/mol. The van der Waals surface area contributed by atoms with E-state index in [1.54, 1.807) is 0 Å². The normalized spacial score (nSPS) is 21.5. The number of ether oxygens (including phenoxy) is 1. The first kappa shape index (κ1) is 12.1. The summed E-state index contributed by atoms with van der Waals surface area (Å²) in [7, 11) is 0. The number of hydrogen-bond acceptors (Lipinski definition) is 3. The van der Waals surface area contributed by atoms with Crippen LogP contribution in [-0.2, 0) is 4.74 Å². The van der Waals surface area contributed by atoms with Crippen molar-refractivity contribution in [1.29, 1.82) is 0 Å². The van der Waals surface area contributed by atoms with Crippen LogP contribution in [0.3, 0.4) is 0 Å². The molecule has 0 aromatic heterocycles. The zero-order valence-electron chi connectivity index (χ0n) is 9.67. The van der Waals surface area contributed by atoms with E-state index < -0.39 is 11.6 Å². The molecule has 1 aromatic rings. The molecule has 2 rings (SSSR count). The Hall–Kier alpha value is -1.36. The maximum atomic E-state index is 13.6. The fourth-order valence-corrected chi connectivity index (χ4v) is 2.00. The summed E-state index contributed by atoms with van der Waals surface area (Å²) in [4.78, 5) is 0. The first-order valence-corrected chi connectivity index (χ1v) is 5.67. The van der Waals surface area contributed by atoms with Crippen LogP contribution in [-0.4, -0.2) is 19.3 Å². The lowest BCUT2D eigenvalue weighted by atomic mass is 10.0. The standard InChI is InChI=1S/C12H16F2N2O/c1-7(8-4-5-17-6-8)16-12-10(15)3-2-9(13)11(12)14/h2-3,7-8,16H,4-6,15H2,1H3. The van der Waals surface area contributed by atoms with Crippen molar-refractivity contribution in [2.45, 2.75) is 19.4 Å². The zero-order chi connectivity index (χ0) is 12.4. The van der Waals surface area contributed by atoms with Gasteiger partial charge < -0.3 is 15.8 Å². The van der Waals surface area contributed by atoms with Gasteiger partial charge >= 0.3 is 0 Å². The van der Waals surface area contributed by atoms with E-state index in [2.05, 4.69) is 5.32 Å². The van der Waals surface area contributed by atoms with Gasteiger partial charge in [-0.2, -0.15) is 0 Å². The number of halogens is 2. The van der Waals surface area contributed by atoms with Crippen LogP contribution in [0.5, 0.6) is 0 Å². The highest BCUT2D eigenvalue weighted by Gasteiger charge is 2.24. The van der Waals surface area contributed by atoms with Crippen LogP contribution in [0, 0.1) is 17.6 Å². The van der Waals surface area contributed by atoms with Crippen LogP contribution < -0.4 is 11.1 Å². The van der Waals surface area contributed by atoms with Gasteiger partial charge in [-0.3, -0.25) is 0 Å². The second kappa shape index (κ2) is 4.87. The summed E-state index contributed by atoms with van der Waals surface area (Å²) in [5.41, 5.74) is 5.90. The minimum absolute atomic E-state index is 0.00361. The van der Waals surface area contributed by atoms with Gasteiger partial charge in [0.25, 0.3) is 0 Å². The number of nitrogens with one attached hydrogen (secondary N) is 1. The van der Waals surface area contributed by atoms with Crippen molar-refractivity contribution >= 4 is 11.4 Å². The molecule has 1 aliphatic heterocycles. The van der Waals surface area contributed by atoms with Crippen LogP contribution in [0.15, 0.2) is 12.1 Å². The topological polar surface area (TPSA) is 47.3 Å². The second-order valence-corrected chi connectivity index (χ2v) is 4.38. The van der Waals surface area contributed by atoms with Crippen molar-refractivity contribution in [2.24, 2.45) is 5.92 Å². The molecule has 1 aromatic carbocycles. The van der Waals surface area contributed by atoms with Gasteiger partial charge in [0.05, 0.1) is 18.0 Å². The summed E-state index contributed by atoms with van der Waals surface area (Å²) >= 11 is 0. The molecule has 3 N–H and O–H groups in total. The van der Waals surface area contributed by atoms with Crippen LogP contribution in [0.1, 0.15) is 13.3 Å². The smallest absolute Gasteiger partial charge is 0.183 e. The lowest BCUT2D eigenvalue weighted by Gasteiger charge is -2.21. The van der Waals surface area contributed by atoms with E-state index in [-0.39, 0.29) is 17.4 Å². The molecule has 3 nitrogen and oxygen atoms in total. The quantitative estimate of drug-likeness (QED) is 0.800. The lowest BCUT2D eigenvalue weighted by Crippen LogP contribution is -2.27. The minimum atomic E-state index is -0.921. The number of nitrogens with two attached hydrogens (primary N) is 1. The fourth-order valence-electron chi connectivity index (χ4n) is 2.00. The Bertz CT molecular complexity index is 406. The molecule has 94 valence electrons. The third-order valence-electron chi connectivity index (χ3n) is 3.17. The van der Waals surface area contributed by atoms with E-state index >= 15 is 0 Å². The van der Waals surface area contributed by atoms with Gasteiger partial charge in [0, 0.05) is 18.6 Å². The van der Waals surface area contributed by atoms with E-state index in [4.69, 9.17) is 10.5 Å². The monoisotopic (exact) mass is 242 g/mol. The van der Waals surface area contributed by atoms with Crippen LogP contribution >= 0.6 is 0 Å². The molecule has 0 bridgehead atoms. The molecule has 1 fully saturated rings. The second-order valence-electron chi connectivity index (χ2n) is 4.38. The average Bonchev–Trinajstić information content (AvgIpc) is 2.83. The largest absolute Gasteiger partial charge is 0.397 e. The highest BCUT2D eigenvalue weighted by molar-refractivity contribution is 5.67. The van der Waals surface area contributed by atoms with Crippen LogP contribution in [0.25, 0.3) is 0 Å². The van der Waals surface area contributed by atoms with Gasteiger partial charge in [0.2, 0.25) is 0 Å². The summed E-state index contributed by atoms with van der Waals surface area (Å²) in [6, 6.07) is 2.38. The van der Waals surface area contributed by atoms with Crippen molar-refractivity contribution in [2.75, 3.05) is 24.3 Å². The Kier molecular flexibility index (Phi) is 3.47. The van der Waals surface area contributed by atoms with E-state index in [1.807, 2.05) is 6.92 Å². The van der Waals surface area contributed by atoms with Gasteiger partial charge in [0.15, 0.2) is 11.6 Å². The van der Waals surface area contributed by atoms with Gasteiger partial charge in [-0.1, -0.05) is 0 Å². The van der Waals surface area contributed by atoms with Gasteiger partial charge in [0.1, 0.15) is 0 Å². The summed E-state index contributed by atoms with van der Waals surface area (Å²) < 4.78 is 31.9. The third kappa shape index (κ3) is 2.49. The summed E-state index contributed by atoms with van der Waals surface area (Å²) in [6.07, 6.45) is 0.922. The molecule has 0 aliphatic carbocycles. The molecule has 0 radical (unpaired) electrons. The minimum Gasteiger partial charge on any atom is -0.397 e. The molecule has 2 unspecified atom stereocenters. The van der Waals surface area contributed by atoms with E-state index in [9.17, 15) is 8.78 Å². The number of anilines is 2. The van der Waals surface area contributed by atoms with Crippen molar-refractivity contribution in [1.82, 2.24) is 0 Å². The first-order chi connectivity index (χ1) is 8.09. The molecule has 0 amide bonds. The molecule has 1 heterocycles. The molecular formula is C12H16F2N2O. The molecule has 0 spiro atoms. The summed E-state index contributed by atoms with van der Waals surface area (Å²) in [6.45, 7) is 3.28. The molecule has 1 aliphatic rings. The average molecular weight is 242 g/mol.